The highest BCUT2D eigenvalue weighted by atomic mass is 32.2. The van der Waals surface area contributed by atoms with E-state index >= 15 is 0 Å². The number of aryl methyl sites for hydroxylation is 2. The molecule has 2 aromatic carbocycles. The van der Waals surface area contributed by atoms with Crippen LogP contribution in [0.1, 0.15) is 34.9 Å². The van der Waals surface area contributed by atoms with E-state index in [1.54, 1.807) is 30.0 Å². The average Bonchev–Trinajstić information content (AvgIpc) is 3.10. The number of anilines is 2. The molecule has 0 saturated heterocycles. The lowest BCUT2D eigenvalue weighted by Gasteiger charge is -2.18. The minimum atomic E-state index is -0.440. The summed E-state index contributed by atoms with van der Waals surface area (Å²) in [4.78, 5) is 19.4. The zero-order chi connectivity index (χ0) is 20.4. The summed E-state index contributed by atoms with van der Waals surface area (Å²) in [6.45, 7) is 9.97. The van der Waals surface area contributed by atoms with Gasteiger partial charge in [-0.1, -0.05) is 18.2 Å². The van der Waals surface area contributed by atoms with Gasteiger partial charge in [-0.2, -0.15) is 0 Å². The van der Waals surface area contributed by atoms with E-state index in [0.717, 1.165) is 5.69 Å². The lowest BCUT2D eigenvalue weighted by Crippen LogP contribution is -2.23. The molecule has 0 N–H and O–H groups in total. The Balaban J connectivity index is 1.85. The topological polar surface area (TPSA) is 33.2 Å². The lowest BCUT2D eigenvalue weighted by atomic mass is 10.0. The van der Waals surface area contributed by atoms with Gasteiger partial charge in [0.25, 0.3) is 0 Å². The number of carbonyl (C=O) groups is 1. The highest BCUT2D eigenvalue weighted by Crippen LogP contribution is 2.35. The fourth-order valence-electron chi connectivity index (χ4n) is 3.05. The van der Waals surface area contributed by atoms with E-state index < -0.39 is 5.82 Å². The fraction of sp³-hybridized carbons (Fsp3) is 0.273. The van der Waals surface area contributed by atoms with Crippen LogP contribution in [-0.2, 0) is 10.5 Å². The molecule has 0 radical (unpaired) electrons. The molecule has 0 aliphatic heterocycles. The molecule has 0 spiro atoms. The largest absolute Gasteiger partial charge is 0.274 e. The molecule has 1 amide bonds. The zero-order valence-electron chi connectivity index (χ0n) is 16.7. The van der Waals surface area contributed by atoms with Crippen molar-refractivity contribution in [1.82, 2.24) is 4.98 Å². The summed E-state index contributed by atoms with van der Waals surface area (Å²) in [5.74, 6) is -0.00524. The van der Waals surface area contributed by atoms with Crippen molar-refractivity contribution >= 4 is 39.8 Å². The molecule has 3 nitrogen and oxygen atoms in total. The van der Waals surface area contributed by atoms with E-state index in [0.29, 0.717) is 10.9 Å². The molecule has 146 valence electrons. The van der Waals surface area contributed by atoms with Gasteiger partial charge in [-0.05, 0) is 62.1 Å². The van der Waals surface area contributed by atoms with Gasteiger partial charge in [0.15, 0.2) is 5.13 Å². The van der Waals surface area contributed by atoms with Crippen molar-refractivity contribution in [3.8, 4) is 0 Å². The number of aromatic nitrogens is 1. The van der Waals surface area contributed by atoms with Crippen LogP contribution >= 0.6 is 23.1 Å². The number of thioether (sulfide) groups is 1. The third-order valence-corrected chi connectivity index (χ3v) is 7.02. The number of hydrogen-bond donors (Lipinski definition) is 0. The van der Waals surface area contributed by atoms with Gasteiger partial charge in [0, 0.05) is 23.0 Å². The van der Waals surface area contributed by atoms with E-state index in [4.69, 9.17) is 0 Å². The highest BCUT2D eigenvalue weighted by Gasteiger charge is 2.21. The van der Waals surface area contributed by atoms with E-state index in [1.165, 1.54) is 56.4 Å². The molecule has 0 bridgehead atoms. The third-order valence-electron chi connectivity index (χ3n) is 4.80. The summed E-state index contributed by atoms with van der Waals surface area (Å²) in [7, 11) is 0. The Hall–Kier alpha value is -2.18. The van der Waals surface area contributed by atoms with Crippen molar-refractivity contribution in [2.45, 2.75) is 45.3 Å². The van der Waals surface area contributed by atoms with Crippen molar-refractivity contribution in [1.29, 1.82) is 0 Å². The molecule has 6 heteroatoms. The Morgan fingerprint density at radius 1 is 1.14 bits per heavy atom. The first kappa shape index (κ1) is 20.6. The summed E-state index contributed by atoms with van der Waals surface area (Å²) in [6.07, 6.45) is 0. The Kier molecular flexibility index (Phi) is 6.20. The molecular formula is C22H23FN2OS2. The highest BCUT2D eigenvalue weighted by molar-refractivity contribution is 7.98. The summed E-state index contributed by atoms with van der Waals surface area (Å²) < 4.78 is 14.2. The van der Waals surface area contributed by atoms with Crippen molar-refractivity contribution in [2.24, 2.45) is 0 Å². The fourth-order valence-corrected chi connectivity index (χ4v) is 5.23. The predicted octanol–water partition coefficient (Wildman–Crippen LogP) is 6.49. The second kappa shape index (κ2) is 8.45. The maximum atomic E-state index is 14.2. The van der Waals surface area contributed by atoms with Gasteiger partial charge in [0.1, 0.15) is 5.82 Å². The normalized spacial score (nSPS) is 10.9. The van der Waals surface area contributed by atoms with Crippen LogP contribution in [0.2, 0.25) is 0 Å². The number of carbonyl (C=O) groups excluding carboxylic acids is 1. The van der Waals surface area contributed by atoms with Crippen LogP contribution in [0.5, 0.6) is 0 Å². The third kappa shape index (κ3) is 4.13. The number of amides is 1. The Labute approximate surface area is 173 Å². The summed E-state index contributed by atoms with van der Waals surface area (Å²) in [5.41, 5.74) is 6.26. The number of rotatable bonds is 5. The number of hydrogen-bond acceptors (Lipinski definition) is 4. The van der Waals surface area contributed by atoms with Crippen LogP contribution in [0, 0.1) is 33.5 Å². The number of para-hydroxylation sites is 1. The second-order valence-corrected chi connectivity index (χ2v) is 8.63. The van der Waals surface area contributed by atoms with Crippen LogP contribution in [0.3, 0.4) is 0 Å². The van der Waals surface area contributed by atoms with Crippen LogP contribution in [0.15, 0.2) is 40.6 Å². The van der Waals surface area contributed by atoms with Crippen LogP contribution in [0.25, 0.3) is 0 Å². The van der Waals surface area contributed by atoms with Crippen molar-refractivity contribution in [2.75, 3.05) is 4.90 Å². The van der Waals surface area contributed by atoms with E-state index in [2.05, 4.69) is 38.7 Å². The predicted molar refractivity (Wildman–Crippen MR) is 116 cm³/mol. The van der Waals surface area contributed by atoms with E-state index in [1.807, 2.05) is 5.38 Å². The molecular weight excluding hydrogens is 391 g/mol. The molecule has 3 rings (SSSR count). The van der Waals surface area contributed by atoms with Gasteiger partial charge in [-0.15, -0.1) is 23.1 Å². The SMILES string of the molecule is CC(=O)N(c1nc(CSc2c(C)c(C)cc(C)c2C)cs1)c1ccccc1F. The molecule has 0 aliphatic rings. The first-order valence-electron chi connectivity index (χ1n) is 8.99. The van der Waals surface area contributed by atoms with Crippen molar-refractivity contribution < 1.29 is 9.18 Å². The molecule has 1 heterocycles. The Bertz CT molecular complexity index is 1000. The molecule has 0 fully saturated rings. The number of thiazole rings is 1. The second-order valence-electron chi connectivity index (χ2n) is 6.81. The number of halogens is 1. The summed E-state index contributed by atoms with van der Waals surface area (Å²) in [6, 6.07) is 8.48. The average molecular weight is 415 g/mol. The van der Waals surface area contributed by atoms with Gasteiger partial charge >= 0.3 is 0 Å². The van der Waals surface area contributed by atoms with Gasteiger partial charge < -0.3 is 0 Å². The Morgan fingerprint density at radius 2 is 1.79 bits per heavy atom. The molecule has 0 aliphatic carbocycles. The quantitative estimate of drug-likeness (QED) is 0.447. The smallest absolute Gasteiger partial charge is 0.230 e. The molecule has 0 saturated carbocycles. The molecule has 0 atom stereocenters. The Morgan fingerprint density at radius 3 is 2.39 bits per heavy atom. The standard InChI is InChI=1S/C22H23FN2OS2/c1-13-10-14(2)16(4)21(15(13)3)27-11-18-12-28-22(24-18)25(17(5)26)20-9-7-6-8-19(20)23/h6-10,12H,11H2,1-5H3. The first-order valence-corrected chi connectivity index (χ1v) is 10.9. The van der Waals surface area contributed by atoms with Crippen LogP contribution in [0.4, 0.5) is 15.2 Å². The van der Waals surface area contributed by atoms with Gasteiger partial charge in [0.05, 0.1) is 11.4 Å². The van der Waals surface area contributed by atoms with Crippen molar-refractivity contribution in [3.05, 3.63) is 69.5 Å². The van der Waals surface area contributed by atoms with Crippen LogP contribution < -0.4 is 4.90 Å². The first-order chi connectivity index (χ1) is 13.3. The van der Waals surface area contributed by atoms with Gasteiger partial charge in [0.2, 0.25) is 5.91 Å². The van der Waals surface area contributed by atoms with Gasteiger partial charge in [-0.3, -0.25) is 9.69 Å². The summed E-state index contributed by atoms with van der Waals surface area (Å²) in [5, 5.41) is 2.42. The molecule has 1 aromatic heterocycles. The zero-order valence-corrected chi connectivity index (χ0v) is 18.3. The minimum Gasteiger partial charge on any atom is -0.274 e. The van der Waals surface area contributed by atoms with Gasteiger partial charge in [-0.25, -0.2) is 9.37 Å². The van der Waals surface area contributed by atoms with Crippen molar-refractivity contribution in [3.63, 3.8) is 0 Å². The molecule has 3 aromatic rings. The molecule has 0 unspecified atom stereocenters. The number of nitrogens with zero attached hydrogens (tertiary/aromatic N) is 2. The van der Waals surface area contributed by atoms with E-state index in [9.17, 15) is 9.18 Å². The monoisotopic (exact) mass is 414 g/mol. The molecule has 28 heavy (non-hydrogen) atoms. The van der Waals surface area contributed by atoms with E-state index in [-0.39, 0.29) is 11.6 Å². The lowest BCUT2D eigenvalue weighted by molar-refractivity contribution is -0.115. The maximum Gasteiger partial charge on any atom is 0.230 e. The maximum absolute atomic E-state index is 14.2. The number of benzene rings is 2. The minimum absolute atomic E-state index is 0.226. The van der Waals surface area contributed by atoms with Crippen LogP contribution in [-0.4, -0.2) is 10.9 Å². The summed E-state index contributed by atoms with van der Waals surface area (Å²) >= 11 is 3.11.